The van der Waals surface area contributed by atoms with Gasteiger partial charge in [0.05, 0.1) is 13.7 Å². The molecule has 7 heteroatoms. The summed E-state index contributed by atoms with van der Waals surface area (Å²) in [6.07, 6.45) is 4.10. The molecule has 1 amide bonds. The van der Waals surface area contributed by atoms with Gasteiger partial charge in [-0.15, -0.1) is 0 Å². The summed E-state index contributed by atoms with van der Waals surface area (Å²) in [4.78, 5) is 16.2. The van der Waals surface area contributed by atoms with Gasteiger partial charge in [-0.25, -0.2) is 4.39 Å². The number of carbonyl (C=O) groups is 1. The fourth-order valence-electron chi connectivity index (χ4n) is 2.71. The number of carbonyl (C=O) groups excluding carboxylic acids is 1. The fourth-order valence-corrected chi connectivity index (χ4v) is 2.71. The summed E-state index contributed by atoms with van der Waals surface area (Å²) < 4.78 is 30.0. The van der Waals surface area contributed by atoms with Crippen LogP contribution >= 0.6 is 0 Å². The largest absolute Gasteiger partial charge is 0.493 e. The van der Waals surface area contributed by atoms with Gasteiger partial charge in [-0.05, 0) is 48.4 Å². The Morgan fingerprint density at radius 1 is 1.00 bits per heavy atom. The van der Waals surface area contributed by atoms with E-state index in [-0.39, 0.29) is 24.7 Å². The van der Waals surface area contributed by atoms with Crippen molar-refractivity contribution in [3.05, 3.63) is 78.4 Å². The SMILES string of the molecule is COc1ccc(NC(=O)CCCOc2ccccc2F)cc1OCc1ccncc1. The van der Waals surface area contributed by atoms with Crippen molar-refractivity contribution in [2.24, 2.45) is 0 Å². The van der Waals surface area contributed by atoms with Crippen molar-refractivity contribution in [3.63, 3.8) is 0 Å². The highest BCUT2D eigenvalue weighted by Gasteiger charge is 2.09. The van der Waals surface area contributed by atoms with Crippen LogP contribution < -0.4 is 19.5 Å². The zero-order chi connectivity index (χ0) is 21.2. The third kappa shape index (κ3) is 6.20. The molecule has 3 rings (SSSR count). The maximum Gasteiger partial charge on any atom is 0.224 e. The summed E-state index contributed by atoms with van der Waals surface area (Å²) in [6.45, 7) is 0.598. The smallest absolute Gasteiger partial charge is 0.224 e. The monoisotopic (exact) mass is 410 g/mol. The zero-order valence-corrected chi connectivity index (χ0v) is 16.6. The summed E-state index contributed by atoms with van der Waals surface area (Å²) in [5.74, 6) is 0.691. The predicted molar refractivity (Wildman–Crippen MR) is 111 cm³/mol. The molecule has 0 saturated heterocycles. The molecule has 30 heavy (non-hydrogen) atoms. The van der Waals surface area contributed by atoms with Gasteiger partial charge in [0.1, 0.15) is 6.61 Å². The van der Waals surface area contributed by atoms with E-state index in [2.05, 4.69) is 10.3 Å². The Labute approximate surface area is 174 Å². The highest BCUT2D eigenvalue weighted by atomic mass is 19.1. The standard InChI is InChI=1S/C23H23FN2O4/c1-28-21-9-8-18(15-22(21)30-16-17-10-12-25-13-11-17)26-23(27)7-4-14-29-20-6-3-2-5-19(20)24/h2-3,5-6,8-13,15H,4,7,14,16H2,1H3,(H,26,27). The molecule has 6 nitrogen and oxygen atoms in total. The molecule has 0 aliphatic heterocycles. The first-order chi connectivity index (χ1) is 14.7. The third-order valence-electron chi connectivity index (χ3n) is 4.23. The van der Waals surface area contributed by atoms with Gasteiger partial charge in [0.15, 0.2) is 23.1 Å². The summed E-state index contributed by atoms with van der Waals surface area (Å²) in [5, 5.41) is 2.83. The first kappa shape index (κ1) is 21.1. The van der Waals surface area contributed by atoms with E-state index in [0.717, 1.165) is 5.56 Å². The molecule has 0 spiro atoms. The second kappa shape index (κ2) is 10.8. The van der Waals surface area contributed by atoms with Gasteiger partial charge < -0.3 is 19.5 Å². The van der Waals surface area contributed by atoms with Gasteiger partial charge in [0, 0.05) is 30.6 Å². The number of pyridine rings is 1. The minimum Gasteiger partial charge on any atom is -0.493 e. The normalized spacial score (nSPS) is 10.3. The Morgan fingerprint density at radius 2 is 1.80 bits per heavy atom. The Kier molecular flexibility index (Phi) is 7.60. The van der Waals surface area contributed by atoms with Crippen LogP contribution in [0.1, 0.15) is 18.4 Å². The van der Waals surface area contributed by atoms with Crippen molar-refractivity contribution >= 4 is 11.6 Å². The second-order valence-corrected chi connectivity index (χ2v) is 6.44. The van der Waals surface area contributed by atoms with Crippen LogP contribution in [-0.2, 0) is 11.4 Å². The molecular weight excluding hydrogens is 387 g/mol. The molecule has 2 aromatic carbocycles. The van der Waals surface area contributed by atoms with Crippen molar-refractivity contribution in [2.45, 2.75) is 19.4 Å². The molecule has 0 saturated carbocycles. The van der Waals surface area contributed by atoms with Crippen molar-refractivity contribution in [2.75, 3.05) is 19.0 Å². The molecule has 0 bridgehead atoms. The number of aromatic nitrogens is 1. The second-order valence-electron chi connectivity index (χ2n) is 6.44. The average molecular weight is 410 g/mol. The summed E-state index contributed by atoms with van der Waals surface area (Å²) in [6, 6.07) is 15.1. The number of nitrogens with zero attached hydrogens (tertiary/aromatic N) is 1. The molecule has 0 fully saturated rings. The number of ether oxygens (including phenoxy) is 3. The number of halogens is 1. The van der Waals surface area contributed by atoms with E-state index >= 15 is 0 Å². The minimum atomic E-state index is -0.417. The maximum atomic E-state index is 13.5. The Hall–Kier alpha value is -3.61. The third-order valence-corrected chi connectivity index (χ3v) is 4.23. The number of hydrogen-bond acceptors (Lipinski definition) is 5. The number of methoxy groups -OCH3 is 1. The van der Waals surface area contributed by atoms with E-state index in [1.54, 1.807) is 55.9 Å². The van der Waals surface area contributed by atoms with Crippen molar-refractivity contribution in [3.8, 4) is 17.2 Å². The van der Waals surface area contributed by atoms with E-state index in [1.165, 1.54) is 6.07 Å². The molecule has 3 aromatic rings. The average Bonchev–Trinajstić information content (AvgIpc) is 2.77. The highest BCUT2D eigenvalue weighted by molar-refractivity contribution is 5.91. The van der Waals surface area contributed by atoms with Crippen LogP contribution in [0.5, 0.6) is 17.2 Å². The lowest BCUT2D eigenvalue weighted by Gasteiger charge is -2.13. The van der Waals surface area contributed by atoms with Crippen molar-refractivity contribution < 1.29 is 23.4 Å². The molecular formula is C23H23FN2O4. The van der Waals surface area contributed by atoms with E-state index in [4.69, 9.17) is 14.2 Å². The number of nitrogens with one attached hydrogen (secondary N) is 1. The van der Waals surface area contributed by atoms with Gasteiger partial charge in [0.2, 0.25) is 5.91 Å². The fraction of sp³-hybridized carbons (Fsp3) is 0.217. The van der Waals surface area contributed by atoms with Gasteiger partial charge in [-0.3, -0.25) is 9.78 Å². The van der Waals surface area contributed by atoms with E-state index < -0.39 is 5.82 Å². The Morgan fingerprint density at radius 3 is 2.57 bits per heavy atom. The van der Waals surface area contributed by atoms with E-state index in [9.17, 15) is 9.18 Å². The van der Waals surface area contributed by atoms with Crippen molar-refractivity contribution in [1.82, 2.24) is 4.98 Å². The zero-order valence-electron chi connectivity index (χ0n) is 16.6. The van der Waals surface area contributed by atoms with Crippen LogP contribution in [0.3, 0.4) is 0 Å². The van der Waals surface area contributed by atoms with Gasteiger partial charge in [0.25, 0.3) is 0 Å². The molecule has 0 unspecified atom stereocenters. The number of para-hydroxylation sites is 1. The first-order valence-corrected chi connectivity index (χ1v) is 9.52. The van der Waals surface area contributed by atoms with Crippen molar-refractivity contribution in [1.29, 1.82) is 0 Å². The molecule has 0 aliphatic rings. The summed E-state index contributed by atoms with van der Waals surface area (Å²) in [5.41, 5.74) is 1.57. The molecule has 0 atom stereocenters. The number of hydrogen-bond donors (Lipinski definition) is 1. The molecule has 156 valence electrons. The van der Waals surface area contributed by atoms with Gasteiger partial charge in [-0.1, -0.05) is 12.1 Å². The van der Waals surface area contributed by atoms with E-state index in [0.29, 0.717) is 30.2 Å². The van der Waals surface area contributed by atoms with E-state index in [1.807, 2.05) is 12.1 Å². The van der Waals surface area contributed by atoms with Crippen LogP contribution in [0, 0.1) is 5.82 Å². The topological polar surface area (TPSA) is 69.7 Å². The maximum absolute atomic E-state index is 13.5. The molecule has 1 aromatic heterocycles. The lowest BCUT2D eigenvalue weighted by molar-refractivity contribution is -0.116. The first-order valence-electron chi connectivity index (χ1n) is 9.52. The molecule has 1 heterocycles. The summed E-state index contributed by atoms with van der Waals surface area (Å²) in [7, 11) is 1.56. The molecule has 0 radical (unpaired) electrons. The lowest BCUT2D eigenvalue weighted by atomic mass is 10.2. The number of amides is 1. The Bertz CT molecular complexity index is 966. The number of rotatable bonds is 10. The quantitative estimate of drug-likeness (QED) is 0.495. The number of anilines is 1. The van der Waals surface area contributed by atoms with Gasteiger partial charge >= 0.3 is 0 Å². The van der Waals surface area contributed by atoms with Crippen LogP contribution in [0.2, 0.25) is 0 Å². The highest BCUT2D eigenvalue weighted by Crippen LogP contribution is 2.31. The lowest BCUT2D eigenvalue weighted by Crippen LogP contribution is -2.13. The van der Waals surface area contributed by atoms with Crippen LogP contribution in [0.25, 0.3) is 0 Å². The molecule has 0 aliphatic carbocycles. The Balaban J connectivity index is 1.50. The van der Waals surface area contributed by atoms with Crippen LogP contribution in [-0.4, -0.2) is 24.6 Å². The van der Waals surface area contributed by atoms with Gasteiger partial charge in [-0.2, -0.15) is 0 Å². The van der Waals surface area contributed by atoms with Crippen LogP contribution in [0.15, 0.2) is 67.0 Å². The van der Waals surface area contributed by atoms with Crippen LogP contribution in [0.4, 0.5) is 10.1 Å². The predicted octanol–water partition coefficient (Wildman–Crippen LogP) is 4.61. The number of benzene rings is 2. The summed E-state index contributed by atoms with van der Waals surface area (Å²) >= 11 is 0. The minimum absolute atomic E-state index is 0.169. The molecule has 1 N–H and O–H groups in total.